The number of aryl methyl sites for hydroxylation is 1. The van der Waals surface area contributed by atoms with E-state index in [1.807, 2.05) is 0 Å². The molecule has 0 unspecified atom stereocenters. The van der Waals surface area contributed by atoms with Crippen molar-refractivity contribution in [3.63, 3.8) is 0 Å². The molecule has 0 aliphatic heterocycles. The Morgan fingerprint density at radius 2 is 1.61 bits per heavy atom. The highest BCUT2D eigenvalue weighted by Crippen LogP contribution is 2.29. The number of unbranched alkanes of at least 4 members (excludes halogenated alkanes) is 2. The molecule has 1 heterocycles. The Balaban J connectivity index is 3.06. The molecule has 3 nitrogen and oxygen atoms in total. The highest BCUT2D eigenvalue weighted by molar-refractivity contribution is 5.32. The van der Waals surface area contributed by atoms with Crippen molar-refractivity contribution in [1.82, 2.24) is 9.78 Å². The van der Waals surface area contributed by atoms with Crippen LogP contribution in [-0.4, -0.2) is 14.9 Å². The SMILES string of the molecule is CCCCc1nn(C(C)(C)C)c(O)c1CCCC. The number of hydrogen-bond donors (Lipinski definition) is 1. The molecule has 0 atom stereocenters. The van der Waals surface area contributed by atoms with Crippen LogP contribution in [0.25, 0.3) is 0 Å². The topological polar surface area (TPSA) is 38.0 Å². The second-order valence-electron chi connectivity index (χ2n) is 6.04. The maximum Gasteiger partial charge on any atom is 0.213 e. The lowest BCUT2D eigenvalue weighted by atomic mass is 10.0. The lowest BCUT2D eigenvalue weighted by Gasteiger charge is -2.20. The van der Waals surface area contributed by atoms with Crippen molar-refractivity contribution in [3.05, 3.63) is 11.3 Å². The standard InChI is InChI=1S/C15H28N2O/c1-6-8-10-12-13(11-9-7-2)16-17(14(12)18)15(3,4)5/h18H,6-11H2,1-5H3. The Kier molecular flexibility index (Phi) is 5.24. The molecule has 0 saturated heterocycles. The van der Waals surface area contributed by atoms with Crippen molar-refractivity contribution in [3.8, 4) is 5.88 Å². The molecule has 0 amide bonds. The Hall–Kier alpha value is -0.990. The third-order valence-electron chi connectivity index (χ3n) is 3.22. The highest BCUT2D eigenvalue weighted by atomic mass is 16.3. The molecule has 3 heteroatoms. The normalized spacial score (nSPS) is 12.1. The molecule has 0 aliphatic rings. The monoisotopic (exact) mass is 252 g/mol. The van der Waals surface area contributed by atoms with E-state index in [-0.39, 0.29) is 5.54 Å². The summed E-state index contributed by atoms with van der Waals surface area (Å²) >= 11 is 0. The zero-order chi connectivity index (χ0) is 13.8. The van der Waals surface area contributed by atoms with Gasteiger partial charge in [0.15, 0.2) is 0 Å². The van der Waals surface area contributed by atoms with Gasteiger partial charge in [0, 0.05) is 5.56 Å². The van der Waals surface area contributed by atoms with E-state index in [0.29, 0.717) is 5.88 Å². The third kappa shape index (κ3) is 3.50. The van der Waals surface area contributed by atoms with Crippen molar-refractivity contribution in [2.45, 2.75) is 78.7 Å². The summed E-state index contributed by atoms with van der Waals surface area (Å²) in [4.78, 5) is 0. The zero-order valence-electron chi connectivity index (χ0n) is 12.6. The van der Waals surface area contributed by atoms with Gasteiger partial charge in [0.2, 0.25) is 5.88 Å². The third-order valence-corrected chi connectivity index (χ3v) is 3.22. The summed E-state index contributed by atoms with van der Waals surface area (Å²) in [6.07, 6.45) is 6.48. The molecule has 1 N–H and O–H groups in total. The van der Waals surface area contributed by atoms with E-state index < -0.39 is 0 Å². The van der Waals surface area contributed by atoms with Crippen LogP contribution in [0.15, 0.2) is 0 Å². The van der Waals surface area contributed by atoms with Gasteiger partial charge in [0.1, 0.15) is 0 Å². The predicted octanol–water partition coefficient (Wildman–Crippen LogP) is 4.03. The van der Waals surface area contributed by atoms with Crippen LogP contribution in [0.2, 0.25) is 0 Å². The first-order valence-corrected chi connectivity index (χ1v) is 7.22. The van der Waals surface area contributed by atoms with Crippen LogP contribution in [0, 0.1) is 0 Å². The van der Waals surface area contributed by atoms with E-state index >= 15 is 0 Å². The van der Waals surface area contributed by atoms with E-state index in [9.17, 15) is 5.11 Å². The summed E-state index contributed by atoms with van der Waals surface area (Å²) in [6.45, 7) is 10.6. The maximum absolute atomic E-state index is 10.4. The molecule has 18 heavy (non-hydrogen) atoms. The summed E-state index contributed by atoms with van der Waals surface area (Å²) in [5.41, 5.74) is 2.01. The van der Waals surface area contributed by atoms with Gasteiger partial charge in [-0.1, -0.05) is 26.7 Å². The molecule has 1 aromatic heterocycles. The Morgan fingerprint density at radius 3 is 2.11 bits per heavy atom. The molecule has 104 valence electrons. The number of aromatic hydroxyl groups is 1. The Labute approximate surface area is 111 Å². The summed E-state index contributed by atoms with van der Waals surface area (Å²) in [7, 11) is 0. The van der Waals surface area contributed by atoms with Crippen molar-refractivity contribution < 1.29 is 5.11 Å². The minimum atomic E-state index is -0.157. The summed E-state index contributed by atoms with van der Waals surface area (Å²) in [5.74, 6) is 0.377. The van der Waals surface area contributed by atoms with Crippen LogP contribution in [0.4, 0.5) is 0 Å². The quantitative estimate of drug-likeness (QED) is 0.830. The average molecular weight is 252 g/mol. The molecule has 0 radical (unpaired) electrons. The second-order valence-corrected chi connectivity index (χ2v) is 6.04. The molecule has 0 bridgehead atoms. The molecular weight excluding hydrogens is 224 g/mol. The van der Waals surface area contributed by atoms with Crippen molar-refractivity contribution in [2.75, 3.05) is 0 Å². The van der Waals surface area contributed by atoms with Crippen molar-refractivity contribution in [2.24, 2.45) is 0 Å². The number of rotatable bonds is 6. The minimum Gasteiger partial charge on any atom is -0.493 e. The zero-order valence-corrected chi connectivity index (χ0v) is 12.6. The summed E-state index contributed by atoms with van der Waals surface area (Å²) in [5, 5.41) is 15.0. The van der Waals surface area contributed by atoms with Gasteiger partial charge in [-0.2, -0.15) is 5.10 Å². The van der Waals surface area contributed by atoms with Gasteiger partial charge in [-0.05, 0) is 46.5 Å². The fourth-order valence-electron chi connectivity index (χ4n) is 2.11. The van der Waals surface area contributed by atoms with Crippen LogP contribution in [0.5, 0.6) is 5.88 Å². The molecule has 0 aliphatic carbocycles. The van der Waals surface area contributed by atoms with E-state index in [2.05, 4.69) is 39.7 Å². The van der Waals surface area contributed by atoms with Crippen LogP contribution in [0.1, 0.15) is 71.6 Å². The molecule has 0 saturated carbocycles. The maximum atomic E-state index is 10.4. The van der Waals surface area contributed by atoms with Crippen molar-refractivity contribution >= 4 is 0 Å². The molecule has 0 aromatic carbocycles. The minimum absolute atomic E-state index is 0.157. The Bertz CT molecular complexity index is 375. The smallest absolute Gasteiger partial charge is 0.213 e. The summed E-state index contributed by atoms with van der Waals surface area (Å²) < 4.78 is 1.78. The van der Waals surface area contributed by atoms with Gasteiger partial charge < -0.3 is 5.11 Å². The van der Waals surface area contributed by atoms with Gasteiger partial charge in [0.25, 0.3) is 0 Å². The average Bonchev–Trinajstić information content (AvgIpc) is 2.60. The fraction of sp³-hybridized carbons (Fsp3) is 0.800. The lowest BCUT2D eigenvalue weighted by molar-refractivity contribution is 0.292. The first-order valence-electron chi connectivity index (χ1n) is 7.22. The van der Waals surface area contributed by atoms with Gasteiger partial charge in [0.05, 0.1) is 11.2 Å². The second kappa shape index (κ2) is 6.26. The highest BCUT2D eigenvalue weighted by Gasteiger charge is 2.23. The van der Waals surface area contributed by atoms with E-state index in [1.165, 1.54) is 0 Å². The van der Waals surface area contributed by atoms with Gasteiger partial charge in [-0.25, -0.2) is 4.68 Å². The lowest BCUT2D eigenvalue weighted by Crippen LogP contribution is -2.22. The van der Waals surface area contributed by atoms with E-state index in [0.717, 1.165) is 49.8 Å². The Morgan fingerprint density at radius 1 is 1.06 bits per heavy atom. The number of aromatic nitrogens is 2. The first-order chi connectivity index (χ1) is 8.41. The van der Waals surface area contributed by atoms with Gasteiger partial charge >= 0.3 is 0 Å². The molecule has 0 fully saturated rings. The first kappa shape index (κ1) is 15.1. The number of nitrogens with zero attached hydrogens (tertiary/aromatic N) is 2. The van der Waals surface area contributed by atoms with Crippen LogP contribution in [0.3, 0.4) is 0 Å². The molecule has 1 rings (SSSR count). The molecule has 0 spiro atoms. The van der Waals surface area contributed by atoms with Gasteiger partial charge in [-0.15, -0.1) is 0 Å². The fourth-order valence-corrected chi connectivity index (χ4v) is 2.11. The van der Waals surface area contributed by atoms with E-state index in [4.69, 9.17) is 0 Å². The largest absolute Gasteiger partial charge is 0.493 e. The van der Waals surface area contributed by atoms with Crippen LogP contribution in [-0.2, 0) is 18.4 Å². The van der Waals surface area contributed by atoms with Crippen molar-refractivity contribution in [1.29, 1.82) is 0 Å². The van der Waals surface area contributed by atoms with E-state index in [1.54, 1.807) is 4.68 Å². The molecular formula is C15H28N2O. The predicted molar refractivity (Wildman–Crippen MR) is 76.1 cm³/mol. The van der Waals surface area contributed by atoms with Crippen LogP contribution >= 0.6 is 0 Å². The number of hydrogen-bond acceptors (Lipinski definition) is 2. The van der Waals surface area contributed by atoms with Crippen LogP contribution < -0.4 is 0 Å². The summed E-state index contributed by atoms with van der Waals surface area (Å²) in [6, 6.07) is 0. The molecule has 1 aromatic rings. The van der Waals surface area contributed by atoms with Gasteiger partial charge in [-0.3, -0.25) is 0 Å².